The Kier molecular flexibility index (Phi) is 11.5. The lowest BCUT2D eigenvalue weighted by Gasteiger charge is -2.10. The molecule has 0 aliphatic heterocycles. The van der Waals surface area contributed by atoms with Gasteiger partial charge in [0.05, 0.1) is 23.3 Å². The zero-order chi connectivity index (χ0) is 26.2. The van der Waals surface area contributed by atoms with Crippen molar-refractivity contribution in [1.82, 2.24) is 5.32 Å². The third-order valence-electron chi connectivity index (χ3n) is 4.52. The summed E-state index contributed by atoms with van der Waals surface area (Å²) in [7, 11) is -2.08. The molecule has 3 aromatic rings. The van der Waals surface area contributed by atoms with Crippen molar-refractivity contribution < 1.29 is 32.0 Å². The molecule has 0 spiro atoms. The summed E-state index contributed by atoms with van der Waals surface area (Å²) in [5.74, 6) is -1.14. The molecule has 2 unspecified atom stereocenters. The van der Waals surface area contributed by atoms with E-state index in [2.05, 4.69) is 21.2 Å². The van der Waals surface area contributed by atoms with Crippen LogP contribution in [0.25, 0.3) is 10.1 Å². The number of amides is 1. The minimum Gasteiger partial charge on any atom is -0.487 e. The molecule has 1 heterocycles. The molecule has 3 rings (SSSR count). The van der Waals surface area contributed by atoms with E-state index in [1.165, 1.54) is 30.5 Å². The van der Waals surface area contributed by atoms with Crippen LogP contribution >= 0.6 is 36.1 Å². The molecule has 0 aliphatic rings. The van der Waals surface area contributed by atoms with Crippen LogP contribution in [0.4, 0.5) is 4.39 Å². The summed E-state index contributed by atoms with van der Waals surface area (Å²) in [6, 6.07) is 9.71. The van der Waals surface area contributed by atoms with Gasteiger partial charge in [-0.25, -0.2) is 12.8 Å². The molecule has 192 valence electrons. The Bertz CT molecular complexity index is 1250. The maximum atomic E-state index is 14.8. The Morgan fingerprint density at radius 1 is 1.26 bits per heavy atom. The first-order valence-corrected chi connectivity index (χ1v) is 15.1. The van der Waals surface area contributed by atoms with E-state index in [1.807, 2.05) is 6.92 Å². The third kappa shape index (κ3) is 7.93. The van der Waals surface area contributed by atoms with Gasteiger partial charge in [-0.2, -0.15) is 0 Å². The van der Waals surface area contributed by atoms with E-state index in [4.69, 9.17) is 14.4 Å². The SMILES string of the molecule is CCO.CCOPC(F)c1sc2c(OCc3ccc(S(C)(=O)=O)cc3)cc(C(=O)NC)cc2c1Br. The van der Waals surface area contributed by atoms with E-state index in [0.717, 1.165) is 11.8 Å². The Hall–Kier alpha value is -1.62. The number of aliphatic hydroxyl groups excluding tert-OH is 1. The summed E-state index contributed by atoms with van der Waals surface area (Å²) < 4.78 is 50.6. The molecule has 0 radical (unpaired) electrons. The van der Waals surface area contributed by atoms with E-state index in [1.54, 1.807) is 31.2 Å². The smallest absolute Gasteiger partial charge is 0.251 e. The number of alkyl halides is 1. The minimum absolute atomic E-state index is 0.154. The number of carbonyl (C=O) groups excluding carboxylic acids is 1. The van der Waals surface area contributed by atoms with Crippen LogP contribution in [0.1, 0.15) is 40.6 Å². The van der Waals surface area contributed by atoms with Crippen LogP contribution in [-0.4, -0.2) is 45.9 Å². The lowest BCUT2D eigenvalue weighted by atomic mass is 10.1. The zero-order valence-corrected chi connectivity index (χ0v) is 23.9. The topological polar surface area (TPSA) is 102 Å². The monoisotopic (exact) mass is 607 g/mol. The maximum absolute atomic E-state index is 14.8. The summed E-state index contributed by atoms with van der Waals surface area (Å²) in [5.41, 5.74) is 1.14. The molecule has 2 aromatic carbocycles. The summed E-state index contributed by atoms with van der Waals surface area (Å²) in [6.07, 6.45) is 1.15. The zero-order valence-electron chi connectivity index (χ0n) is 19.7. The van der Waals surface area contributed by atoms with Crippen LogP contribution in [-0.2, 0) is 21.0 Å². The van der Waals surface area contributed by atoms with Gasteiger partial charge in [0, 0.05) is 41.9 Å². The number of carbonyl (C=O) groups is 1. The molecule has 1 amide bonds. The lowest BCUT2D eigenvalue weighted by molar-refractivity contribution is 0.0962. The molecular formula is C23H28BrFNO6PS2. The maximum Gasteiger partial charge on any atom is 0.251 e. The van der Waals surface area contributed by atoms with E-state index >= 15 is 0 Å². The first-order valence-electron chi connectivity index (χ1n) is 10.6. The van der Waals surface area contributed by atoms with Crippen LogP contribution in [0.5, 0.6) is 5.75 Å². The Labute approximate surface area is 218 Å². The fraction of sp³-hybridized carbons (Fsp3) is 0.348. The van der Waals surface area contributed by atoms with Crippen LogP contribution in [0.2, 0.25) is 0 Å². The lowest BCUT2D eigenvalue weighted by Crippen LogP contribution is -2.17. The quantitative estimate of drug-likeness (QED) is 0.307. The van der Waals surface area contributed by atoms with Crippen molar-refractivity contribution in [3.8, 4) is 5.75 Å². The Balaban J connectivity index is 0.00000137. The molecule has 0 saturated carbocycles. The fourth-order valence-corrected chi connectivity index (χ4v) is 6.53. The first-order chi connectivity index (χ1) is 16.6. The molecule has 0 aliphatic carbocycles. The molecule has 35 heavy (non-hydrogen) atoms. The molecular weight excluding hydrogens is 580 g/mol. The van der Waals surface area contributed by atoms with E-state index in [0.29, 0.717) is 37.4 Å². The van der Waals surface area contributed by atoms with Gasteiger partial charge < -0.3 is 19.7 Å². The van der Waals surface area contributed by atoms with Gasteiger partial charge in [0.1, 0.15) is 12.4 Å². The number of nitrogens with one attached hydrogen (secondary N) is 1. The Morgan fingerprint density at radius 2 is 1.89 bits per heavy atom. The second kappa shape index (κ2) is 13.6. The number of thiophene rings is 1. The number of rotatable bonds is 9. The van der Waals surface area contributed by atoms with E-state index in [-0.39, 0.29) is 32.8 Å². The van der Waals surface area contributed by atoms with Crippen molar-refractivity contribution >= 4 is 61.9 Å². The largest absolute Gasteiger partial charge is 0.487 e. The minimum atomic E-state index is -3.28. The van der Waals surface area contributed by atoms with Gasteiger partial charge in [0.25, 0.3) is 5.91 Å². The van der Waals surface area contributed by atoms with Gasteiger partial charge in [0.15, 0.2) is 15.8 Å². The molecule has 2 atom stereocenters. The number of ether oxygens (including phenoxy) is 1. The second-order valence-corrected chi connectivity index (χ2v) is 12.0. The van der Waals surface area contributed by atoms with Gasteiger partial charge in [-0.1, -0.05) is 12.1 Å². The molecule has 0 bridgehead atoms. The number of sulfone groups is 1. The molecule has 2 N–H and O–H groups in total. The van der Waals surface area contributed by atoms with Gasteiger partial charge in [-0.15, -0.1) is 11.3 Å². The molecule has 7 nitrogen and oxygen atoms in total. The van der Waals surface area contributed by atoms with Gasteiger partial charge >= 0.3 is 0 Å². The van der Waals surface area contributed by atoms with E-state index < -0.39 is 15.8 Å². The second-order valence-electron chi connectivity index (χ2n) is 7.14. The first kappa shape index (κ1) is 29.6. The van der Waals surface area contributed by atoms with Gasteiger partial charge in [0.2, 0.25) is 0 Å². The molecule has 1 aromatic heterocycles. The highest BCUT2D eigenvalue weighted by Crippen LogP contribution is 2.49. The number of aliphatic hydroxyl groups is 1. The van der Waals surface area contributed by atoms with Crippen LogP contribution in [0.3, 0.4) is 0 Å². The number of benzene rings is 2. The average Bonchev–Trinajstić information content (AvgIpc) is 3.17. The van der Waals surface area contributed by atoms with Crippen LogP contribution in [0.15, 0.2) is 45.8 Å². The van der Waals surface area contributed by atoms with Crippen LogP contribution in [0, 0.1) is 0 Å². The number of hydrogen-bond acceptors (Lipinski definition) is 7. The number of hydrogen-bond donors (Lipinski definition) is 2. The van der Waals surface area contributed by atoms with Gasteiger partial charge in [-0.3, -0.25) is 4.79 Å². The normalized spacial score (nSPS) is 12.4. The highest BCUT2D eigenvalue weighted by Gasteiger charge is 2.23. The average molecular weight is 608 g/mol. The number of fused-ring (bicyclic) bond motifs is 1. The van der Waals surface area contributed by atoms with Crippen molar-refractivity contribution in [1.29, 1.82) is 0 Å². The standard InChI is InChI=1S/C21H22BrFNO5PS2.C2H6O/c1-4-29-30-20(23)19-17(22)15-9-13(21(25)24-2)10-16(18(15)31-19)28-11-12-5-7-14(8-6-12)32(3,26)27;1-2-3/h5-10,20,30H,4,11H2,1-3H3,(H,24,25);3H,2H2,1H3. The van der Waals surface area contributed by atoms with E-state index in [9.17, 15) is 17.6 Å². The highest BCUT2D eigenvalue weighted by atomic mass is 79.9. The Morgan fingerprint density at radius 3 is 2.43 bits per heavy atom. The fourth-order valence-electron chi connectivity index (χ4n) is 2.91. The summed E-state index contributed by atoms with van der Waals surface area (Å²) in [5, 5.41) is 10.8. The van der Waals surface area contributed by atoms with Crippen LogP contribution < -0.4 is 10.1 Å². The molecule has 0 fully saturated rings. The third-order valence-corrected chi connectivity index (χ3v) is 9.18. The van der Waals surface area contributed by atoms with Crippen molar-refractivity contribution in [2.45, 2.75) is 31.3 Å². The summed E-state index contributed by atoms with van der Waals surface area (Å²) in [6.45, 7) is 4.32. The molecule has 12 heteroatoms. The predicted molar refractivity (Wildman–Crippen MR) is 143 cm³/mol. The summed E-state index contributed by atoms with van der Waals surface area (Å²) >= 11 is 4.73. The van der Waals surface area contributed by atoms with Crippen molar-refractivity contribution in [2.24, 2.45) is 0 Å². The van der Waals surface area contributed by atoms with Crippen molar-refractivity contribution in [3.05, 3.63) is 56.9 Å². The highest BCUT2D eigenvalue weighted by molar-refractivity contribution is 9.10. The number of halogens is 2. The predicted octanol–water partition coefficient (Wildman–Crippen LogP) is 5.60. The summed E-state index contributed by atoms with van der Waals surface area (Å²) in [4.78, 5) is 13.0. The van der Waals surface area contributed by atoms with Gasteiger partial charge in [-0.05, 0) is 59.6 Å². The van der Waals surface area contributed by atoms with Crippen molar-refractivity contribution in [2.75, 3.05) is 26.5 Å². The van der Waals surface area contributed by atoms with Crippen molar-refractivity contribution in [3.63, 3.8) is 0 Å². The molecule has 0 saturated heterocycles.